The van der Waals surface area contributed by atoms with E-state index < -0.39 is 4.92 Å². The molecule has 150 valence electrons. The fourth-order valence-corrected chi connectivity index (χ4v) is 3.37. The van der Waals surface area contributed by atoms with Crippen LogP contribution in [0.25, 0.3) is 6.08 Å². The quantitative estimate of drug-likeness (QED) is 0.277. The fourth-order valence-electron chi connectivity index (χ4n) is 2.50. The van der Waals surface area contributed by atoms with Crippen LogP contribution in [-0.4, -0.2) is 46.2 Å². The first-order chi connectivity index (χ1) is 14.0. The van der Waals surface area contributed by atoms with Gasteiger partial charge in [0.1, 0.15) is 11.9 Å². The van der Waals surface area contributed by atoms with Gasteiger partial charge in [0, 0.05) is 32.4 Å². The van der Waals surface area contributed by atoms with Gasteiger partial charge in [-0.2, -0.15) is 0 Å². The van der Waals surface area contributed by atoms with Crippen LogP contribution in [0.5, 0.6) is 11.6 Å². The van der Waals surface area contributed by atoms with Crippen molar-refractivity contribution in [2.75, 3.05) is 20.3 Å². The number of nitrogens with zero attached hydrogens (tertiary/aromatic N) is 3. The number of rotatable bonds is 8. The topological polar surface area (TPSA) is 112 Å². The highest BCUT2D eigenvalue weighted by molar-refractivity contribution is 8.18. The van der Waals surface area contributed by atoms with Crippen LogP contribution in [0.15, 0.2) is 47.5 Å². The summed E-state index contributed by atoms with van der Waals surface area (Å²) in [6.45, 7) is 0.802. The molecule has 1 aromatic heterocycles. The Kier molecular flexibility index (Phi) is 6.57. The second-order valence-electron chi connectivity index (χ2n) is 5.96. The second kappa shape index (κ2) is 9.30. The first-order valence-corrected chi connectivity index (χ1v) is 9.42. The Hall–Kier alpha value is -3.24. The lowest BCUT2D eigenvalue weighted by Gasteiger charge is -2.11. The third-order valence-electron chi connectivity index (χ3n) is 3.94. The maximum absolute atomic E-state index is 12.4. The Bertz CT molecular complexity index is 943. The predicted molar refractivity (Wildman–Crippen MR) is 107 cm³/mol. The molecule has 1 aromatic carbocycles. The molecule has 0 unspecified atom stereocenters. The minimum absolute atomic E-state index is 0.121. The normalized spacial score (nSPS) is 15.2. The zero-order chi connectivity index (χ0) is 20.8. The SMILES string of the molecule is COCCCN1C(=O)S/C(=C/c2ccc(Oc3ccc([N+](=O)[O-])cn3)cc2)C1=O. The van der Waals surface area contributed by atoms with E-state index >= 15 is 0 Å². The van der Waals surface area contributed by atoms with Gasteiger partial charge in [0.05, 0.1) is 9.83 Å². The molecule has 0 aliphatic carbocycles. The third-order valence-corrected chi connectivity index (χ3v) is 4.84. The highest BCUT2D eigenvalue weighted by Crippen LogP contribution is 2.32. The molecule has 2 aromatic rings. The Morgan fingerprint density at radius 1 is 1.21 bits per heavy atom. The monoisotopic (exact) mass is 415 g/mol. The molecule has 2 amide bonds. The van der Waals surface area contributed by atoms with Crippen molar-refractivity contribution in [1.29, 1.82) is 0 Å². The highest BCUT2D eigenvalue weighted by Gasteiger charge is 2.34. The van der Waals surface area contributed by atoms with Gasteiger partial charge in [-0.3, -0.25) is 24.6 Å². The average molecular weight is 415 g/mol. The van der Waals surface area contributed by atoms with Crippen LogP contribution in [0, 0.1) is 10.1 Å². The Morgan fingerprint density at radius 2 is 1.97 bits per heavy atom. The zero-order valence-corrected chi connectivity index (χ0v) is 16.3. The molecule has 0 bridgehead atoms. The summed E-state index contributed by atoms with van der Waals surface area (Å²) >= 11 is 0.907. The molecular formula is C19H17N3O6S. The molecule has 0 N–H and O–H groups in total. The van der Waals surface area contributed by atoms with Gasteiger partial charge in [0.25, 0.3) is 16.8 Å². The van der Waals surface area contributed by atoms with E-state index in [0.29, 0.717) is 30.2 Å². The van der Waals surface area contributed by atoms with Crippen molar-refractivity contribution in [3.8, 4) is 11.6 Å². The zero-order valence-electron chi connectivity index (χ0n) is 15.4. The summed E-state index contributed by atoms with van der Waals surface area (Å²) in [5.74, 6) is 0.392. The lowest BCUT2D eigenvalue weighted by molar-refractivity contribution is -0.385. The summed E-state index contributed by atoms with van der Waals surface area (Å²) < 4.78 is 10.5. The van der Waals surface area contributed by atoms with Gasteiger partial charge < -0.3 is 9.47 Å². The molecule has 3 rings (SSSR count). The van der Waals surface area contributed by atoms with Crippen molar-refractivity contribution in [3.05, 3.63) is 63.2 Å². The van der Waals surface area contributed by atoms with Crippen molar-refractivity contribution >= 4 is 34.7 Å². The largest absolute Gasteiger partial charge is 0.439 e. The van der Waals surface area contributed by atoms with E-state index in [2.05, 4.69) is 4.98 Å². The van der Waals surface area contributed by atoms with Gasteiger partial charge in [-0.1, -0.05) is 12.1 Å². The molecule has 0 atom stereocenters. The number of hydrogen-bond donors (Lipinski definition) is 0. The van der Waals surface area contributed by atoms with E-state index in [9.17, 15) is 19.7 Å². The van der Waals surface area contributed by atoms with Crippen LogP contribution in [0.2, 0.25) is 0 Å². The van der Waals surface area contributed by atoms with E-state index in [1.165, 1.54) is 17.0 Å². The van der Waals surface area contributed by atoms with Crippen LogP contribution in [0.3, 0.4) is 0 Å². The lowest BCUT2D eigenvalue weighted by atomic mass is 10.2. The molecule has 1 aliphatic heterocycles. The van der Waals surface area contributed by atoms with E-state index in [1.54, 1.807) is 37.5 Å². The van der Waals surface area contributed by atoms with Gasteiger partial charge in [-0.25, -0.2) is 4.98 Å². The van der Waals surface area contributed by atoms with Crippen molar-refractivity contribution in [3.63, 3.8) is 0 Å². The standard InChI is InChI=1S/C19H17N3O6S/c1-27-10-2-9-21-18(23)16(29-19(21)24)11-13-3-6-15(7-4-13)28-17-8-5-14(12-20-17)22(25)26/h3-8,11-12H,2,9-10H2,1H3/b16-11+. The Balaban J connectivity index is 1.64. The molecule has 10 heteroatoms. The summed E-state index contributed by atoms with van der Waals surface area (Å²) in [6, 6.07) is 9.54. The molecule has 2 heterocycles. The van der Waals surface area contributed by atoms with Gasteiger partial charge >= 0.3 is 0 Å². The molecule has 1 fully saturated rings. The third kappa shape index (κ3) is 5.18. The van der Waals surface area contributed by atoms with Crippen LogP contribution in [-0.2, 0) is 9.53 Å². The number of benzene rings is 1. The average Bonchev–Trinajstić information content (AvgIpc) is 2.97. The number of hydrogen-bond acceptors (Lipinski definition) is 8. The van der Waals surface area contributed by atoms with Crippen molar-refractivity contribution in [1.82, 2.24) is 9.88 Å². The molecule has 0 saturated carbocycles. The van der Waals surface area contributed by atoms with Gasteiger partial charge in [0.2, 0.25) is 5.88 Å². The molecular weight excluding hydrogens is 398 g/mol. The maximum Gasteiger partial charge on any atom is 0.293 e. The number of ether oxygens (including phenoxy) is 2. The van der Waals surface area contributed by atoms with Gasteiger partial charge in [-0.05, 0) is 42.0 Å². The predicted octanol–water partition coefficient (Wildman–Crippen LogP) is 3.85. The number of pyridine rings is 1. The van der Waals surface area contributed by atoms with Gasteiger partial charge in [0.15, 0.2) is 0 Å². The minimum Gasteiger partial charge on any atom is -0.439 e. The molecule has 1 saturated heterocycles. The number of imide groups is 1. The molecule has 29 heavy (non-hydrogen) atoms. The van der Waals surface area contributed by atoms with Crippen LogP contribution < -0.4 is 4.74 Å². The number of nitro groups is 1. The molecule has 0 spiro atoms. The van der Waals surface area contributed by atoms with Crippen LogP contribution in [0.4, 0.5) is 10.5 Å². The van der Waals surface area contributed by atoms with Crippen molar-refractivity contribution in [2.45, 2.75) is 6.42 Å². The summed E-state index contributed by atoms with van der Waals surface area (Å²) in [6.07, 6.45) is 3.35. The first kappa shape index (κ1) is 20.5. The summed E-state index contributed by atoms with van der Waals surface area (Å²) in [7, 11) is 1.57. The van der Waals surface area contributed by atoms with E-state index in [-0.39, 0.29) is 22.7 Å². The van der Waals surface area contributed by atoms with Crippen molar-refractivity contribution in [2.24, 2.45) is 0 Å². The number of carbonyl (C=O) groups excluding carboxylic acids is 2. The smallest absolute Gasteiger partial charge is 0.293 e. The van der Waals surface area contributed by atoms with Crippen molar-refractivity contribution < 1.29 is 24.0 Å². The molecule has 1 aliphatic rings. The number of amides is 2. The fraction of sp³-hybridized carbons (Fsp3) is 0.211. The van der Waals surface area contributed by atoms with E-state index in [4.69, 9.17) is 9.47 Å². The maximum atomic E-state index is 12.4. The number of methoxy groups -OCH3 is 1. The Labute approximate surface area is 170 Å². The lowest BCUT2D eigenvalue weighted by Crippen LogP contribution is -2.29. The van der Waals surface area contributed by atoms with E-state index in [0.717, 1.165) is 23.5 Å². The highest BCUT2D eigenvalue weighted by atomic mass is 32.2. The summed E-state index contributed by atoms with van der Waals surface area (Å²) in [5, 5.41) is 10.4. The number of carbonyl (C=O) groups is 2. The summed E-state index contributed by atoms with van der Waals surface area (Å²) in [4.78, 5) is 40.0. The minimum atomic E-state index is -0.537. The number of aromatic nitrogens is 1. The molecule has 0 radical (unpaired) electrons. The second-order valence-corrected chi connectivity index (χ2v) is 6.96. The molecule has 9 nitrogen and oxygen atoms in total. The Morgan fingerprint density at radius 3 is 2.59 bits per heavy atom. The van der Waals surface area contributed by atoms with E-state index in [1.807, 2.05) is 0 Å². The van der Waals surface area contributed by atoms with Gasteiger partial charge in [-0.15, -0.1) is 0 Å². The number of thioether (sulfide) groups is 1. The van der Waals surface area contributed by atoms with Crippen LogP contribution >= 0.6 is 11.8 Å². The first-order valence-electron chi connectivity index (χ1n) is 8.60. The van der Waals surface area contributed by atoms with Crippen LogP contribution in [0.1, 0.15) is 12.0 Å². The summed E-state index contributed by atoms with van der Waals surface area (Å²) in [5.41, 5.74) is 0.611.